The lowest BCUT2D eigenvalue weighted by Gasteiger charge is -2.18. The van der Waals surface area contributed by atoms with Crippen LogP contribution in [0.3, 0.4) is 0 Å². The molecule has 0 spiro atoms. The van der Waals surface area contributed by atoms with Gasteiger partial charge < -0.3 is 14.6 Å². The molecule has 1 aromatic rings. The summed E-state index contributed by atoms with van der Waals surface area (Å²) in [5, 5.41) is 3.27. The number of hydrogen-bond donors (Lipinski definition) is 1. The maximum atomic E-state index is 11.8. The number of aromatic nitrogens is 1. The average Bonchev–Trinajstić information content (AvgIpc) is 2.58. The zero-order chi connectivity index (χ0) is 11.8. The fourth-order valence-electron chi connectivity index (χ4n) is 1.78. The lowest BCUT2D eigenvalue weighted by Crippen LogP contribution is -2.27. The number of rotatable bonds is 1. The molecule has 0 amide bonds. The molecule has 0 saturated heterocycles. The molecule has 2 heterocycles. The van der Waals surface area contributed by atoms with Crippen molar-refractivity contribution in [2.45, 2.75) is 39.5 Å². The normalized spacial score (nSPS) is 15.7. The van der Waals surface area contributed by atoms with Crippen molar-refractivity contribution in [1.29, 1.82) is 0 Å². The van der Waals surface area contributed by atoms with Crippen LogP contribution in [0.2, 0.25) is 0 Å². The van der Waals surface area contributed by atoms with E-state index >= 15 is 0 Å². The molecule has 88 valence electrons. The standard InChI is InChI=1S/C12H18N2O2/c1-12(2,3)16-11(15)9-6-10-7-13-4-5-14(10)8-9/h6,8,13H,4-5,7H2,1-3H3. The van der Waals surface area contributed by atoms with Crippen molar-refractivity contribution in [2.75, 3.05) is 6.54 Å². The third-order valence-electron chi connectivity index (χ3n) is 2.46. The van der Waals surface area contributed by atoms with Crippen molar-refractivity contribution < 1.29 is 9.53 Å². The fourth-order valence-corrected chi connectivity index (χ4v) is 1.78. The van der Waals surface area contributed by atoms with Gasteiger partial charge in [-0.15, -0.1) is 0 Å². The number of nitrogens with zero attached hydrogens (tertiary/aromatic N) is 1. The highest BCUT2D eigenvalue weighted by Gasteiger charge is 2.20. The van der Waals surface area contributed by atoms with Crippen LogP contribution < -0.4 is 5.32 Å². The number of esters is 1. The molecule has 2 rings (SSSR count). The fraction of sp³-hybridized carbons (Fsp3) is 0.583. The molecule has 16 heavy (non-hydrogen) atoms. The molecule has 0 saturated carbocycles. The minimum atomic E-state index is -0.433. The summed E-state index contributed by atoms with van der Waals surface area (Å²) in [6.07, 6.45) is 1.88. The van der Waals surface area contributed by atoms with Crippen LogP contribution in [0.15, 0.2) is 12.3 Å². The van der Waals surface area contributed by atoms with E-state index in [0.29, 0.717) is 5.56 Å². The molecule has 0 fully saturated rings. The molecule has 1 aliphatic heterocycles. The highest BCUT2D eigenvalue weighted by molar-refractivity contribution is 5.89. The van der Waals surface area contributed by atoms with Gasteiger partial charge in [0.1, 0.15) is 5.60 Å². The lowest BCUT2D eigenvalue weighted by atomic mass is 10.2. The highest BCUT2D eigenvalue weighted by Crippen LogP contribution is 2.16. The first-order valence-electron chi connectivity index (χ1n) is 5.59. The summed E-state index contributed by atoms with van der Waals surface area (Å²) in [5.74, 6) is -0.241. The van der Waals surface area contributed by atoms with E-state index in [1.54, 1.807) is 0 Å². The molecule has 0 aromatic carbocycles. The summed E-state index contributed by atoms with van der Waals surface area (Å²) < 4.78 is 7.44. The SMILES string of the molecule is CC(C)(C)OC(=O)c1cc2n(c1)CCNC2. The van der Waals surface area contributed by atoms with E-state index in [4.69, 9.17) is 4.74 Å². The van der Waals surface area contributed by atoms with Crippen LogP contribution >= 0.6 is 0 Å². The van der Waals surface area contributed by atoms with E-state index in [1.807, 2.05) is 33.0 Å². The predicted molar refractivity (Wildman–Crippen MR) is 61.3 cm³/mol. The Hall–Kier alpha value is -1.29. The summed E-state index contributed by atoms with van der Waals surface area (Å²) in [6, 6.07) is 1.90. The summed E-state index contributed by atoms with van der Waals surface area (Å²) in [7, 11) is 0. The molecule has 1 aliphatic rings. The van der Waals surface area contributed by atoms with Crippen molar-refractivity contribution >= 4 is 5.97 Å². The second-order valence-corrected chi connectivity index (χ2v) is 5.09. The van der Waals surface area contributed by atoms with Gasteiger partial charge in [-0.05, 0) is 26.8 Å². The summed E-state index contributed by atoms with van der Waals surface area (Å²) in [4.78, 5) is 11.8. The molecule has 0 radical (unpaired) electrons. The summed E-state index contributed by atoms with van der Waals surface area (Å²) >= 11 is 0. The number of fused-ring (bicyclic) bond motifs is 1. The van der Waals surface area contributed by atoms with E-state index in [-0.39, 0.29) is 5.97 Å². The van der Waals surface area contributed by atoms with E-state index in [0.717, 1.165) is 25.3 Å². The zero-order valence-corrected chi connectivity index (χ0v) is 10.0. The minimum Gasteiger partial charge on any atom is -0.456 e. The van der Waals surface area contributed by atoms with E-state index in [2.05, 4.69) is 9.88 Å². The number of carbonyl (C=O) groups excluding carboxylic acids is 1. The van der Waals surface area contributed by atoms with Gasteiger partial charge in [0, 0.05) is 31.5 Å². The Labute approximate surface area is 95.6 Å². The van der Waals surface area contributed by atoms with E-state index < -0.39 is 5.60 Å². The monoisotopic (exact) mass is 222 g/mol. The number of ether oxygens (including phenoxy) is 1. The highest BCUT2D eigenvalue weighted by atomic mass is 16.6. The number of nitrogens with one attached hydrogen (secondary N) is 1. The van der Waals surface area contributed by atoms with Crippen LogP contribution in [0.25, 0.3) is 0 Å². The van der Waals surface area contributed by atoms with Crippen LogP contribution in [-0.4, -0.2) is 22.7 Å². The van der Waals surface area contributed by atoms with Crippen molar-refractivity contribution in [1.82, 2.24) is 9.88 Å². The minimum absolute atomic E-state index is 0.241. The number of carbonyl (C=O) groups is 1. The molecular formula is C12H18N2O2. The second kappa shape index (κ2) is 3.94. The van der Waals surface area contributed by atoms with Crippen LogP contribution in [-0.2, 0) is 17.8 Å². The van der Waals surface area contributed by atoms with Gasteiger partial charge in [-0.3, -0.25) is 0 Å². The smallest absolute Gasteiger partial charge is 0.340 e. The average molecular weight is 222 g/mol. The third kappa shape index (κ3) is 2.44. The molecule has 1 aromatic heterocycles. The first kappa shape index (κ1) is 11.2. The maximum Gasteiger partial charge on any atom is 0.340 e. The van der Waals surface area contributed by atoms with Gasteiger partial charge in [0.2, 0.25) is 0 Å². The Morgan fingerprint density at radius 3 is 2.88 bits per heavy atom. The first-order valence-corrected chi connectivity index (χ1v) is 5.59. The Bertz CT molecular complexity index is 378. The molecule has 4 nitrogen and oxygen atoms in total. The molecule has 0 unspecified atom stereocenters. The van der Waals surface area contributed by atoms with Crippen LogP contribution in [0.5, 0.6) is 0 Å². The van der Waals surface area contributed by atoms with Crippen molar-refractivity contribution in [3.8, 4) is 0 Å². The topological polar surface area (TPSA) is 43.3 Å². The quantitative estimate of drug-likeness (QED) is 0.733. The summed E-state index contributed by atoms with van der Waals surface area (Å²) in [6.45, 7) is 8.32. The van der Waals surface area contributed by atoms with Gasteiger partial charge in [0.25, 0.3) is 0 Å². The lowest BCUT2D eigenvalue weighted by molar-refractivity contribution is 0.00695. The van der Waals surface area contributed by atoms with Crippen LogP contribution in [0, 0.1) is 0 Å². The third-order valence-corrected chi connectivity index (χ3v) is 2.46. The first-order chi connectivity index (χ1) is 7.46. The Kier molecular flexibility index (Phi) is 2.76. The van der Waals surface area contributed by atoms with Gasteiger partial charge >= 0.3 is 5.97 Å². The van der Waals surface area contributed by atoms with Gasteiger partial charge in [-0.1, -0.05) is 0 Å². The predicted octanol–water partition coefficient (Wildman–Crippen LogP) is 1.55. The number of hydrogen-bond acceptors (Lipinski definition) is 3. The summed E-state index contributed by atoms with van der Waals surface area (Å²) in [5.41, 5.74) is 1.36. The molecule has 0 bridgehead atoms. The van der Waals surface area contributed by atoms with Crippen molar-refractivity contribution in [3.63, 3.8) is 0 Å². The van der Waals surface area contributed by atoms with Crippen LogP contribution in [0.4, 0.5) is 0 Å². The molecule has 1 N–H and O–H groups in total. The molecule has 0 aliphatic carbocycles. The Morgan fingerprint density at radius 1 is 1.50 bits per heavy atom. The van der Waals surface area contributed by atoms with Crippen LogP contribution in [0.1, 0.15) is 36.8 Å². The van der Waals surface area contributed by atoms with Crippen molar-refractivity contribution in [3.05, 3.63) is 23.5 Å². The molecule has 0 atom stereocenters. The Balaban J connectivity index is 2.15. The van der Waals surface area contributed by atoms with Gasteiger partial charge in [0.05, 0.1) is 5.56 Å². The second-order valence-electron chi connectivity index (χ2n) is 5.09. The largest absolute Gasteiger partial charge is 0.456 e. The molecule has 4 heteroatoms. The zero-order valence-electron chi connectivity index (χ0n) is 10.0. The van der Waals surface area contributed by atoms with Gasteiger partial charge in [-0.2, -0.15) is 0 Å². The van der Waals surface area contributed by atoms with E-state index in [1.165, 1.54) is 0 Å². The maximum absolute atomic E-state index is 11.8. The van der Waals surface area contributed by atoms with Crippen molar-refractivity contribution in [2.24, 2.45) is 0 Å². The van der Waals surface area contributed by atoms with Gasteiger partial charge in [0.15, 0.2) is 0 Å². The Morgan fingerprint density at radius 2 is 2.25 bits per heavy atom. The molecular weight excluding hydrogens is 204 g/mol. The van der Waals surface area contributed by atoms with Gasteiger partial charge in [-0.25, -0.2) is 4.79 Å². The van der Waals surface area contributed by atoms with E-state index in [9.17, 15) is 4.79 Å².